The number of benzene rings is 2. The van der Waals surface area contributed by atoms with Crippen LogP contribution in [-0.4, -0.2) is 33.3 Å². The number of rotatable bonds is 4. The third-order valence-electron chi connectivity index (χ3n) is 2.93. The van der Waals surface area contributed by atoms with Crippen molar-refractivity contribution in [3.05, 3.63) is 71.5 Å². The summed E-state index contributed by atoms with van der Waals surface area (Å²) in [6.07, 6.45) is 1.96. The summed E-state index contributed by atoms with van der Waals surface area (Å²) < 4.78 is 4.42. The van der Waals surface area contributed by atoms with Crippen LogP contribution in [0.4, 0.5) is 0 Å². The van der Waals surface area contributed by atoms with Gasteiger partial charge in [-0.3, -0.25) is 0 Å². The van der Waals surface area contributed by atoms with E-state index in [0.717, 1.165) is 16.4 Å². The molecule has 0 bridgehead atoms. The average molecular weight is 393 g/mol. The molecule has 0 fully saturated rings. The van der Waals surface area contributed by atoms with Crippen molar-refractivity contribution < 1.29 is 0 Å². The molecule has 0 amide bonds. The fourth-order valence-corrected chi connectivity index (χ4v) is 5.41. The number of aromatic nitrogens is 1. The van der Waals surface area contributed by atoms with Gasteiger partial charge in [-0.05, 0) is 0 Å². The van der Waals surface area contributed by atoms with Crippen molar-refractivity contribution >= 4 is 43.8 Å². The van der Waals surface area contributed by atoms with E-state index in [4.69, 9.17) is 0 Å². The Morgan fingerprint density at radius 1 is 1.15 bits per heavy atom. The minimum atomic E-state index is 0.0570. The van der Waals surface area contributed by atoms with E-state index in [9.17, 15) is 4.79 Å². The van der Waals surface area contributed by atoms with Crippen molar-refractivity contribution in [2.24, 2.45) is 0 Å². The van der Waals surface area contributed by atoms with E-state index in [-0.39, 0.29) is 20.3 Å². The van der Waals surface area contributed by atoms with Gasteiger partial charge in [0, 0.05) is 0 Å². The Morgan fingerprint density at radius 2 is 1.90 bits per heavy atom. The first-order valence-electron chi connectivity index (χ1n) is 6.25. The van der Waals surface area contributed by atoms with Gasteiger partial charge in [0.15, 0.2) is 0 Å². The molecule has 1 aromatic heterocycles. The molecule has 0 saturated heterocycles. The van der Waals surface area contributed by atoms with Gasteiger partial charge < -0.3 is 0 Å². The van der Waals surface area contributed by atoms with Crippen LogP contribution in [0.3, 0.4) is 0 Å². The molecule has 1 heterocycles. The first-order chi connectivity index (χ1) is 9.79. The van der Waals surface area contributed by atoms with Gasteiger partial charge in [-0.15, -0.1) is 0 Å². The Balaban J connectivity index is 2.00. The summed E-state index contributed by atoms with van der Waals surface area (Å²) in [5.74, 6) is 0. The summed E-state index contributed by atoms with van der Waals surface area (Å²) in [7, 11) is 0. The standard InChI is InChI=1S/C16H13NOSe2/c1-2-11-19-13-9-7-12(8-10-13)17-16(18)14-5-3-4-6-15(14)20-17/h2-10H,1,11H2. The molecule has 0 aliphatic heterocycles. The van der Waals surface area contributed by atoms with Crippen LogP contribution in [0.25, 0.3) is 15.3 Å². The van der Waals surface area contributed by atoms with Gasteiger partial charge in [-0.1, -0.05) is 0 Å². The molecule has 0 aliphatic carbocycles. The van der Waals surface area contributed by atoms with Crippen molar-refractivity contribution in [2.75, 3.05) is 0 Å². The van der Waals surface area contributed by atoms with Crippen molar-refractivity contribution in [1.29, 1.82) is 0 Å². The van der Waals surface area contributed by atoms with Gasteiger partial charge in [-0.2, -0.15) is 0 Å². The summed E-state index contributed by atoms with van der Waals surface area (Å²) in [6.45, 7) is 3.75. The van der Waals surface area contributed by atoms with Gasteiger partial charge in [-0.25, -0.2) is 0 Å². The van der Waals surface area contributed by atoms with Crippen molar-refractivity contribution in [2.45, 2.75) is 5.32 Å². The SMILES string of the molecule is C=CC[Se]c1ccc(-n2[se]c3ccccc3c2=O)cc1. The number of hydrogen-bond acceptors (Lipinski definition) is 1. The Bertz CT molecular complexity index is 799. The normalized spacial score (nSPS) is 10.8. The molecule has 2 aromatic carbocycles. The van der Waals surface area contributed by atoms with Crippen LogP contribution in [-0.2, 0) is 0 Å². The van der Waals surface area contributed by atoms with Crippen LogP contribution < -0.4 is 10.0 Å². The molecular weight excluding hydrogens is 380 g/mol. The third kappa shape index (κ3) is 2.61. The number of allylic oxidation sites excluding steroid dienone is 1. The molecule has 3 rings (SSSR count). The van der Waals surface area contributed by atoms with Gasteiger partial charge in [0.05, 0.1) is 0 Å². The fourth-order valence-electron chi connectivity index (χ4n) is 1.97. The van der Waals surface area contributed by atoms with E-state index in [1.165, 1.54) is 8.72 Å². The van der Waals surface area contributed by atoms with E-state index in [0.29, 0.717) is 15.0 Å². The summed E-state index contributed by atoms with van der Waals surface area (Å²) in [6, 6.07) is 16.3. The molecule has 3 aromatic rings. The minimum absolute atomic E-state index is 0.0570. The number of nitrogens with zero attached hydrogens (tertiary/aromatic N) is 1. The Hall–Kier alpha value is -1.31. The van der Waals surface area contributed by atoms with E-state index >= 15 is 0 Å². The molecule has 0 atom stereocenters. The maximum atomic E-state index is 12.4. The average Bonchev–Trinajstić information content (AvgIpc) is 2.83. The van der Waals surface area contributed by atoms with E-state index in [2.05, 4.69) is 36.9 Å². The second-order valence-electron chi connectivity index (χ2n) is 4.28. The van der Waals surface area contributed by atoms with E-state index < -0.39 is 0 Å². The van der Waals surface area contributed by atoms with Crippen LogP contribution in [0.5, 0.6) is 0 Å². The van der Waals surface area contributed by atoms with Gasteiger partial charge in [0.1, 0.15) is 0 Å². The Labute approximate surface area is 129 Å². The van der Waals surface area contributed by atoms with Crippen LogP contribution >= 0.6 is 0 Å². The quantitative estimate of drug-likeness (QED) is 0.491. The zero-order valence-electron chi connectivity index (χ0n) is 10.8. The van der Waals surface area contributed by atoms with Crippen LogP contribution in [0.2, 0.25) is 5.32 Å². The van der Waals surface area contributed by atoms with E-state index in [1.54, 1.807) is 0 Å². The van der Waals surface area contributed by atoms with Gasteiger partial charge in [0.25, 0.3) is 0 Å². The second kappa shape index (κ2) is 5.99. The fraction of sp³-hybridized carbons (Fsp3) is 0.0625. The van der Waals surface area contributed by atoms with Crippen LogP contribution in [0.1, 0.15) is 0 Å². The van der Waals surface area contributed by atoms with Crippen molar-refractivity contribution in [1.82, 2.24) is 3.56 Å². The van der Waals surface area contributed by atoms with Crippen LogP contribution in [0, 0.1) is 0 Å². The predicted molar refractivity (Wildman–Crippen MR) is 86.9 cm³/mol. The van der Waals surface area contributed by atoms with Crippen molar-refractivity contribution in [3.8, 4) is 5.69 Å². The monoisotopic (exact) mass is 395 g/mol. The molecule has 4 heteroatoms. The molecule has 20 heavy (non-hydrogen) atoms. The first kappa shape index (κ1) is 13.7. The Morgan fingerprint density at radius 3 is 2.60 bits per heavy atom. The Kier molecular flexibility index (Phi) is 4.09. The summed E-state index contributed by atoms with van der Waals surface area (Å²) in [4.78, 5) is 12.4. The molecule has 2 nitrogen and oxygen atoms in total. The molecule has 0 unspecified atom stereocenters. The molecule has 100 valence electrons. The molecular formula is C16H13NOSe2. The molecule has 0 radical (unpaired) electrons. The summed E-state index contributed by atoms with van der Waals surface area (Å²) in [5.41, 5.74) is 1.13. The van der Waals surface area contributed by atoms with Gasteiger partial charge >= 0.3 is 130 Å². The zero-order valence-corrected chi connectivity index (χ0v) is 14.2. The number of hydrogen-bond donors (Lipinski definition) is 0. The van der Waals surface area contributed by atoms with Crippen LogP contribution in [0.15, 0.2) is 66.0 Å². The first-order valence-corrected chi connectivity index (χ1v) is 9.94. The molecule has 0 spiro atoms. The second-order valence-corrected chi connectivity index (χ2v) is 8.65. The molecule has 0 N–H and O–H groups in total. The third-order valence-corrected chi connectivity index (χ3v) is 7.38. The van der Waals surface area contributed by atoms with E-state index in [1.807, 2.05) is 27.8 Å². The predicted octanol–water partition coefficient (Wildman–Crippen LogP) is 1.98. The topological polar surface area (TPSA) is 22.0 Å². The molecule has 0 aliphatic rings. The van der Waals surface area contributed by atoms with Gasteiger partial charge in [0.2, 0.25) is 0 Å². The van der Waals surface area contributed by atoms with Crippen molar-refractivity contribution in [3.63, 3.8) is 0 Å². The number of fused-ring (bicyclic) bond motifs is 1. The molecule has 0 saturated carbocycles. The summed E-state index contributed by atoms with van der Waals surface area (Å²) >= 11 is 0.505. The summed E-state index contributed by atoms with van der Waals surface area (Å²) in [5, 5.41) is 1.90. The maximum absolute atomic E-state index is 12.4. The zero-order chi connectivity index (χ0) is 13.9.